The van der Waals surface area contributed by atoms with Gasteiger partial charge in [-0.1, -0.05) is 42.1 Å². The first-order chi connectivity index (χ1) is 9.78. The summed E-state index contributed by atoms with van der Waals surface area (Å²) in [7, 11) is 0. The predicted molar refractivity (Wildman–Crippen MR) is 82.4 cm³/mol. The molecule has 0 aromatic heterocycles. The molecular weight excluding hydrogens is 269 g/mol. The minimum atomic E-state index is -0.210. The van der Waals surface area contributed by atoms with E-state index in [-0.39, 0.29) is 5.82 Å². The first kappa shape index (κ1) is 13.2. The van der Waals surface area contributed by atoms with E-state index in [2.05, 4.69) is 24.3 Å². The fourth-order valence-electron chi connectivity index (χ4n) is 2.23. The average Bonchev–Trinajstić information content (AvgIpc) is 2.50. The molecule has 0 radical (unpaired) electrons. The Morgan fingerprint density at radius 3 is 2.25 bits per heavy atom. The van der Waals surface area contributed by atoms with Crippen LogP contribution in [0.5, 0.6) is 0 Å². The number of benzene rings is 3. The van der Waals surface area contributed by atoms with Crippen LogP contribution in [-0.4, -0.2) is 0 Å². The Morgan fingerprint density at radius 2 is 1.55 bits per heavy atom. The van der Waals surface area contributed by atoms with Crippen molar-refractivity contribution in [2.45, 2.75) is 16.3 Å². The fourth-order valence-corrected chi connectivity index (χ4v) is 3.18. The first-order valence-corrected chi connectivity index (χ1v) is 7.23. The lowest BCUT2D eigenvalue weighted by Gasteiger charge is -2.10. The molecule has 3 heteroatoms. The lowest BCUT2D eigenvalue weighted by Crippen LogP contribution is -1.97. The van der Waals surface area contributed by atoms with Crippen LogP contribution in [0.15, 0.2) is 70.5 Å². The molecule has 0 fully saturated rings. The average molecular weight is 283 g/mol. The molecule has 1 nitrogen and oxygen atoms in total. The third kappa shape index (κ3) is 2.55. The molecule has 0 amide bonds. The highest BCUT2D eigenvalue weighted by Crippen LogP contribution is 2.34. The molecule has 100 valence electrons. The van der Waals surface area contributed by atoms with Crippen molar-refractivity contribution in [1.82, 2.24) is 0 Å². The van der Waals surface area contributed by atoms with Crippen LogP contribution in [0.3, 0.4) is 0 Å². The van der Waals surface area contributed by atoms with Gasteiger partial charge in [0, 0.05) is 16.3 Å². The molecule has 0 atom stereocenters. The second-order valence-corrected chi connectivity index (χ2v) is 5.64. The van der Waals surface area contributed by atoms with Gasteiger partial charge in [-0.25, -0.2) is 4.39 Å². The highest BCUT2D eigenvalue weighted by atomic mass is 32.2. The van der Waals surface area contributed by atoms with Crippen molar-refractivity contribution in [3.05, 3.63) is 72.0 Å². The Hall–Kier alpha value is -1.84. The largest absolute Gasteiger partial charge is 0.326 e. The van der Waals surface area contributed by atoms with Gasteiger partial charge in [-0.15, -0.1) is 0 Å². The van der Waals surface area contributed by atoms with Crippen molar-refractivity contribution >= 4 is 22.5 Å². The molecule has 0 spiro atoms. The summed E-state index contributed by atoms with van der Waals surface area (Å²) < 4.78 is 13.0. The molecule has 0 aliphatic rings. The van der Waals surface area contributed by atoms with Crippen LogP contribution in [0.1, 0.15) is 5.56 Å². The maximum Gasteiger partial charge on any atom is 0.123 e. The van der Waals surface area contributed by atoms with E-state index in [1.165, 1.54) is 22.9 Å². The highest BCUT2D eigenvalue weighted by Gasteiger charge is 2.06. The summed E-state index contributed by atoms with van der Waals surface area (Å²) in [5.74, 6) is -0.210. The van der Waals surface area contributed by atoms with E-state index in [0.717, 1.165) is 15.4 Å². The van der Waals surface area contributed by atoms with Gasteiger partial charge in [-0.3, -0.25) is 0 Å². The number of rotatable bonds is 3. The summed E-state index contributed by atoms with van der Waals surface area (Å²) >= 11 is 1.64. The Balaban J connectivity index is 2.06. The van der Waals surface area contributed by atoms with E-state index >= 15 is 0 Å². The van der Waals surface area contributed by atoms with Gasteiger partial charge in [0.05, 0.1) is 0 Å². The molecule has 3 aromatic rings. The van der Waals surface area contributed by atoms with Gasteiger partial charge >= 0.3 is 0 Å². The number of nitrogens with two attached hydrogens (primary N) is 1. The third-order valence-electron chi connectivity index (χ3n) is 3.24. The smallest absolute Gasteiger partial charge is 0.123 e. The van der Waals surface area contributed by atoms with Gasteiger partial charge in [0.15, 0.2) is 0 Å². The molecule has 0 saturated carbocycles. The number of fused-ring (bicyclic) bond motifs is 1. The summed E-state index contributed by atoms with van der Waals surface area (Å²) in [6.07, 6.45) is 0. The molecule has 20 heavy (non-hydrogen) atoms. The molecule has 0 heterocycles. The molecule has 2 N–H and O–H groups in total. The van der Waals surface area contributed by atoms with E-state index in [1.54, 1.807) is 23.9 Å². The molecule has 3 rings (SSSR count). The van der Waals surface area contributed by atoms with Gasteiger partial charge in [-0.2, -0.15) is 0 Å². The van der Waals surface area contributed by atoms with Crippen molar-refractivity contribution in [2.75, 3.05) is 0 Å². The van der Waals surface area contributed by atoms with Crippen molar-refractivity contribution in [1.29, 1.82) is 0 Å². The van der Waals surface area contributed by atoms with Gasteiger partial charge in [0.25, 0.3) is 0 Å². The van der Waals surface area contributed by atoms with Crippen LogP contribution < -0.4 is 5.73 Å². The maximum atomic E-state index is 13.0. The number of hydrogen-bond acceptors (Lipinski definition) is 2. The van der Waals surface area contributed by atoms with Crippen LogP contribution in [0.4, 0.5) is 4.39 Å². The zero-order valence-corrected chi connectivity index (χ0v) is 11.7. The normalized spacial score (nSPS) is 10.9. The van der Waals surface area contributed by atoms with Crippen LogP contribution in [0, 0.1) is 5.82 Å². The summed E-state index contributed by atoms with van der Waals surface area (Å²) in [4.78, 5) is 2.18. The minimum absolute atomic E-state index is 0.210. The van der Waals surface area contributed by atoms with E-state index in [9.17, 15) is 4.39 Å². The Bertz CT molecular complexity index is 738. The summed E-state index contributed by atoms with van der Waals surface area (Å²) in [5, 5.41) is 2.37. The van der Waals surface area contributed by atoms with Crippen LogP contribution >= 0.6 is 11.8 Å². The topological polar surface area (TPSA) is 26.0 Å². The van der Waals surface area contributed by atoms with Crippen molar-refractivity contribution in [3.63, 3.8) is 0 Å². The van der Waals surface area contributed by atoms with E-state index in [4.69, 9.17) is 5.73 Å². The molecule has 0 saturated heterocycles. The van der Waals surface area contributed by atoms with Gasteiger partial charge in [0.2, 0.25) is 0 Å². The molecule has 0 bridgehead atoms. The molecule has 0 aliphatic carbocycles. The minimum Gasteiger partial charge on any atom is -0.326 e. The molecule has 0 unspecified atom stereocenters. The van der Waals surface area contributed by atoms with E-state index < -0.39 is 0 Å². The zero-order valence-electron chi connectivity index (χ0n) is 10.8. The van der Waals surface area contributed by atoms with E-state index in [1.807, 2.05) is 12.1 Å². The Morgan fingerprint density at radius 1 is 0.850 bits per heavy atom. The zero-order chi connectivity index (χ0) is 13.9. The number of halogens is 1. The van der Waals surface area contributed by atoms with Crippen molar-refractivity contribution < 1.29 is 4.39 Å². The Labute approximate surface area is 121 Å². The second-order valence-electron chi connectivity index (χ2n) is 4.53. The van der Waals surface area contributed by atoms with E-state index in [0.29, 0.717) is 6.54 Å². The predicted octanol–water partition coefficient (Wildman–Crippen LogP) is 4.59. The SMILES string of the molecule is NCc1ccc(Sc2ccc(F)cc2)c2ccccc12. The van der Waals surface area contributed by atoms with Crippen LogP contribution in [0.25, 0.3) is 10.8 Å². The molecular formula is C17H14FNS. The standard InChI is InChI=1S/C17H14FNS/c18-13-6-8-14(9-7-13)20-17-10-5-12(11-19)15-3-1-2-4-16(15)17/h1-10H,11,19H2. The third-order valence-corrected chi connectivity index (χ3v) is 4.32. The second kappa shape index (κ2) is 5.65. The van der Waals surface area contributed by atoms with Gasteiger partial charge in [-0.05, 0) is 46.7 Å². The fraction of sp³-hybridized carbons (Fsp3) is 0.0588. The lowest BCUT2D eigenvalue weighted by atomic mass is 10.0. The van der Waals surface area contributed by atoms with Crippen molar-refractivity contribution in [2.24, 2.45) is 5.73 Å². The monoisotopic (exact) mass is 283 g/mol. The van der Waals surface area contributed by atoms with Crippen LogP contribution in [-0.2, 0) is 6.54 Å². The number of hydrogen-bond donors (Lipinski definition) is 1. The van der Waals surface area contributed by atoms with Crippen LogP contribution in [0.2, 0.25) is 0 Å². The first-order valence-electron chi connectivity index (χ1n) is 6.42. The van der Waals surface area contributed by atoms with Gasteiger partial charge in [0.1, 0.15) is 5.82 Å². The molecule has 0 aliphatic heterocycles. The molecule has 3 aromatic carbocycles. The lowest BCUT2D eigenvalue weighted by molar-refractivity contribution is 0.626. The maximum absolute atomic E-state index is 13.0. The van der Waals surface area contributed by atoms with Crippen molar-refractivity contribution in [3.8, 4) is 0 Å². The quantitative estimate of drug-likeness (QED) is 0.761. The highest BCUT2D eigenvalue weighted by molar-refractivity contribution is 7.99. The summed E-state index contributed by atoms with van der Waals surface area (Å²) in [6, 6.07) is 18.9. The summed E-state index contributed by atoms with van der Waals surface area (Å²) in [5.41, 5.74) is 6.93. The Kier molecular flexibility index (Phi) is 3.72. The van der Waals surface area contributed by atoms with Gasteiger partial charge < -0.3 is 5.73 Å². The summed E-state index contributed by atoms with van der Waals surface area (Å²) in [6.45, 7) is 0.530.